The summed E-state index contributed by atoms with van der Waals surface area (Å²) >= 11 is 0. The van der Waals surface area contributed by atoms with Gasteiger partial charge in [-0.05, 0) is 36.8 Å². The monoisotopic (exact) mass is 394 g/mol. The van der Waals surface area contributed by atoms with Gasteiger partial charge >= 0.3 is 0 Å². The van der Waals surface area contributed by atoms with Crippen LogP contribution in [0.2, 0.25) is 0 Å². The first-order chi connectivity index (χ1) is 13.6. The Kier molecular flexibility index (Phi) is 5.11. The molecule has 144 valence electrons. The van der Waals surface area contributed by atoms with E-state index in [1.807, 2.05) is 36.4 Å². The van der Waals surface area contributed by atoms with Crippen LogP contribution in [0.25, 0.3) is 11.3 Å². The summed E-state index contributed by atoms with van der Waals surface area (Å²) in [6, 6.07) is 20.6. The van der Waals surface area contributed by atoms with Gasteiger partial charge in [-0.1, -0.05) is 42.5 Å². The first-order valence-corrected chi connectivity index (χ1v) is 10.7. The zero-order valence-electron chi connectivity index (χ0n) is 15.7. The SMILES string of the molecule is Cc1ccccc1-c1ccc(N2CCN(S(=O)(=O)c3ccccc3)CC2)nn1. The third-order valence-corrected chi connectivity index (χ3v) is 6.93. The second kappa shape index (κ2) is 7.69. The van der Waals surface area contributed by atoms with Gasteiger partial charge in [0.05, 0.1) is 10.6 Å². The average molecular weight is 395 g/mol. The van der Waals surface area contributed by atoms with Crippen molar-refractivity contribution in [3.05, 3.63) is 72.3 Å². The maximum atomic E-state index is 12.7. The standard InChI is InChI=1S/C21H22N4O2S/c1-17-7-5-6-10-19(17)20-11-12-21(23-22-20)24-13-15-25(16-14-24)28(26,27)18-8-3-2-4-9-18/h2-12H,13-16H2,1H3. The molecule has 1 fully saturated rings. The molecule has 1 aromatic heterocycles. The summed E-state index contributed by atoms with van der Waals surface area (Å²) in [5, 5.41) is 8.75. The lowest BCUT2D eigenvalue weighted by atomic mass is 10.1. The molecular weight excluding hydrogens is 372 g/mol. The van der Waals surface area contributed by atoms with Crippen molar-refractivity contribution in [1.82, 2.24) is 14.5 Å². The van der Waals surface area contributed by atoms with E-state index in [2.05, 4.69) is 28.1 Å². The third kappa shape index (κ3) is 3.63. The number of nitrogens with zero attached hydrogens (tertiary/aromatic N) is 4. The molecule has 1 aliphatic rings. The number of piperazine rings is 1. The molecule has 0 atom stereocenters. The van der Waals surface area contributed by atoms with Crippen molar-refractivity contribution in [2.24, 2.45) is 0 Å². The van der Waals surface area contributed by atoms with Crippen LogP contribution in [0.1, 0.15) is 5.56 Å². The van der Waals surface area contributed by atoms with Gasteiger partial charge < -0.3 is 4.90 Å². The average Bonchev–Trinajstić information content (AvgIpc) is 2.75. The van der Waals surface area contributed by atoms with Crippen molar-refractivity contribution in [3.8, 4) is 11.3 Å². The van der Waals surface area contributed by atoms with Crippen molar-refractivity contribution in [3.63, 3.8) is 0 Å². The Hall–Kier alpha value is -2.77. The Labute approximate surface area is 165 Å². The second-order valence-electron chi connectivity index (χ2n) is 6.80. The van der Waals surface area contributed by atoms with Crippen LogP contribution in [0.15, 0.2) is 71.6 Å². The first-order valence-electron chi connectivity index (χ1n) is 9.25. The van der Waals surface area contributed by atoms with Gasteiger partial charge in [0.1, 0.15) is 0 Å². The smallest absolute Gasteiger partial charge is 0.243 e. The van der Waals surface area contributed by atoms with Gasteiger partial charge in [-0.3, -0.25) is 0 Å². The largest absolute Gasteiger partial charge is 0.352 e. The Morgan fingerprint density at radius 1 is 0.786 bits per heavy atom. The van der Waals surface area contributed by atoms with E-state index in [0.717, 1.165) is 22.6 Å². The van der Waals surface area contributed by atoms with Gasteiger partial charge in [0.2, 0.25) is 10.0 Å². The fourth-order valence-corrected chi connectivity index (χ4v) is 4.84. The molecule has 4 rings (SSSR count). The van der Waals surface area contributed by atoms with E-state index in [9.17, 15) is 8.42 Å². The maximum Gasteiger partial charge on any atom is 0.243 e. The summed E-state index contributed by atoms with van der Waals surface area (Å²) in [7, 11) is -3.44. The molecular formula is C21H22N4O2S. The molecule has 0 aliphatic carbocycles. The minimum Gasteiger partial charge on any atom is -0.352 e. The van der Waals surface area contributed by atoms with Crippen molar-refractivity contribution in [2.45, 2.75) is 11.8 Å². The fourth-order valence-electron chi connectivity index (χ4n) is 3.40. The molecule has 0 spiro atoms. The van der Waals surface area contributed by atoms with Crippen molar-refractivity contribution in [2.75, 3.05) is 31.1 Å². The summed E-state index contributed by atoms with van der Waals surface area (Å²) in [5.74, 6) is 0.772. The molecule has 0 radical (unpaired) electrons. The van der Waals surface area contributed by atoms with Crippen LogP contribution in [-0.4, -0.2) is 49.1 Å². The predicted molar refractivity (Wildman–Crippen MR) is 110 cm³/mol. The lowest BCUT2D eigenvalue weighted by Crippen LogP contribution is -2.48. The zero-order valence-corrected chi connectivity index (χ0v) is 16.5. The number of hydrogen-bond acceptors (Lipinski definition) is 5. The van der Waals surface area contributed by atoms with Gasteiger partial charge in [0, 0.05) is 31.7 Å². The molecule has 6 nitrogen and oxygen atoms in total. The normalized spacial score (nSPS) is 15.5. The van der Waals surface area contributed by atoms with Gasteiger partial charge in [0.25, 0.3) is 0 Å². The lowest BCUT2D eigenvalue weighted by molar-refractivity contribution is 0.383. The van der Waals surface area contributed by atoms with E-state index in [1.54, 1.807) is 24.3 Å². The number of rotatable bonds is 4. The van der Waals surface area contributed by atoms with Crippen molar-refractivity contribution >= 4 is 15.8 Å². The number of aryl methyl sites for hydroxylation is 1. The van der Waals surface area contributed by atoms with Crippen LogP contribution in [0.4, 0.5) is 5.82 Å². The second-order valence-corrected chi connectivity index (χ2v) is 8.73. The third-order valence-electron chi connectivity index (χ3n) is 5.02. The summed E-state index contributed by atoms with van der Waals surface area (Å²) in [6.07, 6.45) is 0. The number of benzene rings is 2. The van der Waals surface area contributed by atoms with Gasteiger partial charge in [0.15, 0.2) is 5.82 Å². The molecule has 0 N–H and O–H groups in total. The van der Waals surface area contributed by atoms with E-state index in [1.165, 1.54) is 4.31 Å². The quantitative estimate of drug-likeness (QED) is 0.681. The zero-order chi connectivity index (χ0) is 19.6. The summed E-state index contributed by atoms with van der Waals surface area (Å²) < 4.78 is 27.0. The van der Waals surface area contributed by atoms with Crippen molar-refractivity contribution < 1.29 is 8.42 Å². The molecule has 2 heterocycles. The Morgan fingerprint density at radius 2 is 1.46 bits per heavy atom. The molecule has 1 aliphatic heterocycles. The van der Waals surface area contributed by atoms with Crippen LogP contribution in [0, 0.1) is 6.92 Å². The van der Waals surface area contributed by atoms with E-state index in [-0.39, 0.29) is 0 Å². The highest BCUT2D eigenvalue weighted by Crippen LogP contribution is 2.23. The topological polar surface area (TPSA) is 66.4 Å². The highest BCUT2D eigenvalue weighted by Gasteiger charge is 2.28. The first kappa shape index (κ1) is 18.6. The van der Waals surface area contributed by atoms with Crippen LogP contribution in [-0.2, 0) is 10.0 Å². The number of anilines is 1. The van der Waals surface area contributed by atoms with Crippen LogP contribution < -0.4 is 4.90 Å². The van der Waals surface area contributed by atoms with Crippen molar-refractivity contribution in [1.29, 1.82) is 0 Å². The van der Waals surface area contributed by atoms with Crippen LogP contribution in [0.3, 0.4) is 0 Å². The van der Waals surface area contributed by atoms with Gasteiger partial charge in [-0.25, -0.2) is 8.42 Å². The Bertz CT molecular complexity index is 1050. The molecule has 0 amide bonds. The van der Waals surface area contributed by atoms with Crippen LogP contribution in [0.5, 0.6) is 0 Å². The highest BCUT2D eigenvalue weighted by atomic mass is 32.2. The summed E-state index contributed by atoms with van der Waals surface area (Å²) in [5.41, 5.74) is 3.07. The minimum absolute atomic E-state index is 0.339. The Balaban J connectivity index is 1.45. The lowest BCUT2D eigenvalue weighted by Gasteiger charge is -2.34. The molecule has 7 heteroatoms. The molecule has 0 saturated carbocycles. The molecule has 2 aromatic carbocycles. The summed E-state index contributed by atoms with van der Waals surface area (Å²) in [6.45, 7) is 4.09. The van der Waals surface area contributed by atoms with Crippen LogP contribution >= 0.6 is 0 Å². The van der Waals surface area contributed by atoms with E-state index in [0.29, 0.717) is 31.1 Å². The number of sulfonamides is 1. The van der Waals surface area contributed by atoms with E-state index < -0.39 is 10.0 Å². The highest BCUT2D eigenvalue weighted by molar-refractivity contribution is 7.89. The van der Waals surface area contributed by atoms with Gasteiger partial charge in [-0.15, -0.1) is 10.2 Å². The molecule has 3 aromatic rings. The predicted octanol–water partition coefficient (Wildman–Crippen LogP) is 2.96. The van der Waals surface area contributed by atoms with Gasteiger partial charge in [-0.2, -0.15) is 4.31 Å². The Morgan fingerprint density at radius 3 is 2.11 bits per heavy atom. The fraction of sp³-hybridized carbons (Fsp3) is 0.238. The number of aromatic nitrogens is 2. The number of hydrogen-bond donors (Lipinski definition) is 0. The minimum atomic E-state index is -3.44. The molecule has 0 bridgehead atoms. The van der Waals surface area contributed by atoms with E-state index >= 15 is 0 Å². The molecule has 0 unspecified atom stereocenters. The summed E-state index contributed by atoms with van der Waals surface area (Å²) in [4.78, 5) is 2.41. The molecule has 1 saturated heterocycles. The molecule has 28 heavy (non-hydrogen) atoms. The van der Waals surface area contributed by atoms with E-state index in [4.69, 9.17) is 0 Å². The maximum absolute atomic E-state index is 12.7.